The Morgan fingerprint density at radius 3 is 2.31 bits per heavy atom. The first-order valence-electron chi connectivity index (χ1n) is 4.40. The Labute approximate surface area is 80.9 Å². The van der Waals surface area contributed by atoms with Crippen LogP contribution >= 0.6 is 0 Å². The van der Waals surface area contributed by atoms with Crippen molar-refractivity contribution in [3.63, 3.8) is 0 Å². The third kappa shape index (κ3) is 4.43. The maximum atomic E-state index is 11.1. The van der Waals surface area contributed by atoms with Crippen molar-refractivity contribution in [3.05, 3.63) is 12.2 Å². The van der Waals surface area contributed by atoms with Crippen LogP contribution in [0.3, 0.4) is 0 Å². The third-order valence-electron chi connectivity index (χ3n) is 2.30. The van der Waals surface area contributed by atoms with Gasteiger partial charge in [0.2, 0.25) is 0 Å². The molecule has 2 unspecified atom stereocenters. The first-order valence-corrected chi connectivity index (χ1v) is 6.35. The first-order chi connectivity index (χ1) is 5.79. The van der Waals surface area contributed by atoms with Crippen LogP contribution in [0.2, 0.25) is 0 Å². The van der Waals surface area contributed by atoms with Gasteiger partial charge < -0.3 is 5.73 Å². The number of sulfone groups is 1. The molecule has 0 aromatic heterocycles. The molecule has 0 heterocycles. The lowest BCUT2D eigenvalue weighted by molar-refractivity contribution is 0.559. The molecule has 0 spiro atoms. The summed E-state index contributed by atoms with van der Waals surface area (Å²) in [4.78, 5) is 0. The molecule has 2 N–H and O–H groups in total. The van der Waals surface area contributed by atoms with Crippen LogP contribution in [0.5, 0.6) is 0 Å². The summed E-state index contributed by atoms with van der Waals surface area (Å²) in [5.74, 6) is 0. The van der Waals surface area contributed by atoms with Crippen LogP contribution in [0.15, 0.2) is 12.2 Å². The third-order valence-corrected chi connectivity index (χ3v) is 4.00. The molecule has 3 nitrogen and oxygen atoms in total. The summed E-state index contributed by atoms with van der Waals surface area (Å²) in [5.41, 5.74) is 6.74. The van der Waals surface area contributed by atoms with Gasteiger partial charge in [-0.3, -0.25) is 0 Å². The summed E-state index contributed by atoms with van der Waals surface area (Å²) >= 11 is 0. The molecule has 0 aliphatic rings. The second-order valence-electron chi connectivity index (χ2n) is 3.51. The number of rotatable bonds is 5. The Kier molecular flexibility index (Phi) is 4.64. The van der Waals surface area contributed by atoms with Crippen molar-refractivity contribution < 1.29 is 8.42 Å². The Morgan fingerprint density at radius 1 is 1.54 bits per heavy atom. The fraction of sp³-hybridized carbons (Fsp3) is 0.778. The minimum atomic E-state index is -3.02. The van der Waals surface area contributed by atoms with Gasteiger partial charge in [0.05, 0.1) is 5.25 Å². The van der Waals surface area contributed by atoms with Gasteiger partial charge in [0, 0.05) is 12.3 Å². The van der Waals surface area contributed by atoms with Crippen LogP contribution in [-0.2, 0) is 9.84 Å². The normalized spacial score (nSPS) is 16.6. The monoisotopic (exact) mass is 205 g/mol. The van der Waals surface area contributed by atoms with Crippen molar-refractivity contribution in [1.82, 2.24) is 0 Å². The summed E-state index contributed by atoms with van der Waals surface area (Å²) in [5, 5.41) is -0.490. The van der Waals surface area contributed by atoms with Crippen molar-refractivity contribution in [2.75, 3.05) is 6.26 Å². The lowest BCUT2D eigenvalue weighted by atomic mass is 10.0. The molecule has 13 heavy (non-hydrogen) atoms. The maximum absolute atomic E-state index is 11.1. The lowest BCUT2D eigenvalue weighted by Crippen LogP contribution is -2.38. The van der Waals surface area contributed by atoms with Crippen LogP contribution in [0, 0.1) is 0 Å². The van der Waals surface area contributed by atoms with Crippen molar-refractivity contribution >= 4 is 9.84 Å². The molecule has 0 amide bonds. The highest BCUT2D eigenvalue weighted by atomic mass is 32.2. The summed E-state index contributed by atoms with van der Waals surface area (Å²) in [7, 11) is -3.02. The zero-order chi connectivity index (χ0) is 10.6. The van der Waals surface area contributed by atoms with E-state index in [0.717, 1.165) is 12.0 Å². The number of hydrogen-bond donors (Lipinski definition) is 1. The first kappa shape index (κ1) is 12.7. The van der Waals surface area contributed by atoms with Crippen LogP contribution in [0.4, 0.5) is 0 Å². The Bertz CT molecular complexity index is 269. The van der Waals surface area contributed by atoms with E-state index in [9.17, 15) is 8.42 Å². The SMILES string of the molecule is C=C(CC)CC(N)C(C)S(C)(=O)=O. The van der Waals surface area contributed by atoms with E-state index in [1.165, 1.54) is 6.26 Å². The van der Waals surface area contributed by atoms with Gasteiger partial charge in [-0.05, 0) is 19.8 Å². The maximum Gasteiger partial charge on any atom is 0.151 e. The summed E-state index contributed by atoms with van der Waals surface area (Å²) < 4.78 is 22.3. The molecule has 0 aromatic carbocycles. The second kappa shape index (κ2) is 4.77. The van der Waals surface area contributed by atoms with Crippen molar-refractivity contribution in [2.24, 2.45) is 5.73 Å². The highest BCUT2D eigenvalue weighted by molar-refractivity contribution is 7.91. The predicted octanol–water partition coefficient (Wildman–Crippen LogP) is 1.10. The van der Waals surface area contributed by atoms with Gasteiger partial charge in [-0.1, -0.05) is 19.1 Å². The molecule has 0 fully saturated rings. The van der Waals surface area contributed by atoms with E-state index in [1.54, 1.807) is 6.92 Å². The largest absolute Gasteiger partial charge is 0.326 e. The van der Waals surface area contributed by atoms with E-state index in [0.29, 0.717) is 6.42 Å². The molecule has 0 bridgehead atoms. The zero-order valence-electron chi connectivity index (χ0n) is 8.58. The average Bonchev–Trinajstić information content (AvgIpc) is 2.01. The average molecular weight is 205 g/mol. The van der Waals surface area contributed by atoms with Gasteiger partial charge in [-0.15, -0.1) is 0 Å². The van der Waals surface area contributed by atoms with Crippen LogP contribution < -0.4 is 5.73 Å². The van der Waals surface area contributed by atoms with Crippen molar-refractivity contribution in [1.29, 1.82) is 0 Å². The van der Waals surface area contributed by atoms with Crippen molar-refractivity contribution in [3.8, 4) is 0 Å². The van der Waals surface area contributed by atoms with E-state index in [-0.39, 0.29) is 6.04 Å². The fourth-order valence-electron chi connectivity index (χ4n) is 0.961. The molecule has 0 radical (unpaired) electrons. The van der Waals surface area contributed by atoms with Crippen molar-refractivity contribution in [2.45, 2.75) is 38.0 Å². The number of nitrogens with two attached hydrogens (primary N) is 1. The standard InChI is InChI=1S/C9H19NO2S/c1-5-7(2)6-9(10)8(3)13(4,11)12/h8-9H,2,5-6,10H2,1,3-4H3. The molecular formula is C9H19NO2S. The minimum Gasteiger partial charge on any atom is -0.326 e. The van der Waals surface area contributed by atoms with Gasteiger partial charge in [0.25, 0.3) is 0 Å². The highest BCUT2D eigenvalue weighted by Crippen LogP contribution is 2.12. The molecule has 0 saturated carbocycles. The molecule has 4 heteroatoms. The van der Waals surface area contributed by atoms with E-state index >= 15 is 0 Å². The Balaban J connectivity index is 4.28. The molecule has 0 rings (SSSR count). The quantitative estimate of drug-likeness (QED) is 0.684. The van der Waals surface area contributed by atoms with E-state index < -0.39 is 15.1 Å². The summed E-state index contributed by atoms with van der Waals surface area (Å²) in [6.07, 6.45) is 2.65. The minimum absolute atomic E-state index is 0.331. The van der Waals surface area contributed by atoms with Crippen LogP contribution in [-0.4, -0.2) is 26.0 Å². The van der Waals surface area contributed by atoms with Crippen LogP contribution in [0.1, 0.15) is 26.7 Å². The molecule has 2 atom stereocenters. The van der Waals surface area contributed by atoms with Gasteiger partial charge in [0.15, 0.2) is 9.84 Å². The summed E-state index contributed by atoms with van der Waals surface area (Å²) in [6.45, 7) is 7.43. The summed E-state index contributed by atoms with van der Waals surface area (Å²) in [6, 6.07) is -0.331. The molecular weight excluding hydrogens is 186 g/mol. The zero-order valence-corrected chi connectivity index (χ0v) is 9.39. The fourth-order valence-corrected chi connectivity index (χ4v) is 1.69. The number of hydrogen-bond acceptors (Lipinski definition) is 3. The Morgan fingerprint density at radius 2 is 2.00 bits per heavy atom. The molecule has 0 aliphatic carbocycles. The lowest BCUT2D eigenvalue weighted by Gasteiger charge is -2.18. The predicted molar refractivity (Wildman–Crippen MR) is 56.3 cm³/mol. The molecule has 0 aliphatic heterocycles. The molecule has 78 valence electrons. The smallest absolute Gasteiger partial charge is 0.151 e. The molecule has 0 saturated heterocycles. The highest BCUT2D eigenvalue weighted by Gasteiger charge is 2.22. The van der Waals surface area contributed by atoms with Gasteiger partial charge in [-0.2, -0.15) is 0 Å². The van der Waals surface area contributed by atoms with Gasteiger partial charge >= 0.3 is 0 Å². The van der Waals surface area contributed by atoms with Crippen LogP contribution in [0.25, 0.3) is 0 Å². The van der Waals surface area contributed by atoms with Gasteiger partial charge in [0.1, 0.15) is 0 Å². The second-order valence-corrected chi connectivity index (χ2v) is 5.91. The van der Waals surface area contributed by atoms with Gasteiger partial charge in [-0.25, -0.2) is 8.42 Å². The topological polar surface area (TPSA) is 60.2 Å². The molecule has 0 aromatic rings. The van der Waals surface area contributed by atoms with E-state index in [4.69, 9.17) is 5.73 Å². The Hall–Kier alpha value is -0.350. The van der Waals surface area contributed by atoms with E-state index in [2.05, 4.69) is 6.58 Å². The van der Waals surface area contributed by atoms with E-state index in [1.807, 2.05) is 6.92 Å².